The van der Waals surface area contributed by atoms with Crippen LogP contribution in [0, 0.1) is 0 Å². The third kappa shape index (κ3) is 1.94. The average molecular weight is 154 g/mol. The van der Waals surface area contributed by atoms with E-state index in [1.165, 1.54) is 45.2 Å². The van der Waals surface area contributed by atoms with Crippen LogP contribution in [0.15, 0.2) is 0 Å². The van der Waals surface area contributed by atoms with E-state index in [1.807, 2.05) is 0 Å². The fourth-order valence-corrected chi connectivity index (χ4v) is 1.85. The molecular formula is C9H18N2. The van der Waals surface area contributed by atoms with Gasteiger partial charge in [0.15, 0.2) is 0 Å². The Kier molecular flexibility index (Phi) is 2.44. The Hall–Kier alpha value is -0.0800. The molecule has 1 heterocycles. The minimum Gasteiger partial charge on any atom is -0.313 e. The maximum atomic E-state index is 3.60. The summed E-state index contributed by atoms with van der Waals surface area (Å²) in [7, 11) is 0. The van der Waals surface area contributed by atoms with E-state index in [2.05, 4.69) is 10.6 Å². The van der Waals surface area contributed by atoms with Crippen molar-refractivity contribution in [2.75, 3.05) is 13.1 Å². The van der Waals surface area contributed by atoms with Gasteiger partial charge in [-0.25, -0.2) is 0 Å². The second kappa shape index (κ2) is 3.55. The van der Waals surface area contributed by atoms with Crippen LogP contribution >= 0.6 is 0 Å². The molecule has 2 nitrogen and oxygen atoms in total. The number of nitrogens with one attached hydrogen (secondary N) is 2. The first kappa shape index (κ1) is 7.56. The summed E-state index contributed by atoms with van der Waals surface area (Å²) in [5.41, 5.74) is 0. The van der Waals surface area contributed by atoms with Crippen LogP contribution in [0.5, 0.6) is 0 Å². The van der Waals surface area contributed by atoms with Gasteiger partial charge in [-0.2, -0.15) is 0 Å². The van der Waals surface area contributed by atoms with Crippen molar-refractivity contribution in [1.82, 2.24) is 10.6 Å². The highest BCUT2D eigenvalue weighted by atomic mass is 15.0. The molecule has 0 aromatic heterocycles. The molecule has 0 bridgehead atoms. The van der Waals surface area contributed by atoms with Crippen molar-refractivity contribution in [3.05, 3.63) is 0 Å². The second-order valence-electron chi connectivity index (χ2n) is 3.83. The van der Waals surface area contributed by atoms with Crippen LogP contribution in [0.1, 0.15) is 32.1 Å². The third-order valence-electron chi connectivity index (χ3n) is 2.92. The molecule has 2 aliphatic rings. The molecule has 2 N–H and O–H groups in total. The molecule has 0 spiro atoms. The molecule has 1 atom stereocenters. The van der Waals surface area contributed by atoms with E-state index in [4.69, 9.17) is 0 Å². The van der Waals surface area contributed by atoms with Gasteiger partial charge >= 0.3 is 0 Å². The van der Waals surface area contributed by atoms with Crippen LogP contribution < -0.4 is 10.6 Å². The van der Waals surface area contributed by atoms with Gasteiger partial charge in [0.2, 0.25) is 0 Å². The Morgan fingerprint density at radius 3 is 2.64 bits per heavy atom. The Bertz CT molecular complexity index is 115. The highest BCUT2D eigenvalue weighted by molar-refractivity contribution is 4.81. The summed E-state index contributed by atoms with van der Waals surface area (Å²) >= 11 is 0. The first-order valence-electron chi connectivity index (χ1n) is 4.92. The van der Waals surface area contributed by atoms with E-state index in [0.29, 0.717) is 0 Å². The molecule has 1 saturated carbocycles. The number of rotatable bonds is 3. The molecule has 1 aliphatic heterocycles. The first-order chi connectivity index (χ1) is 5.45. The average Bonchev–Trinajstić information content (AvgIpc) is 2.36. The topological polar surface area (TPSA) is 24.1 Å². The molecule has 0 unspecified atom stereocenters. The molecule has 1 saturated heterocycles. The second-order valence-corrected chi connectivity index (χ2v) is 3.83. The van der Waals surface area contributed by atoms with E-state index in [0.717, 1.165) is 12.1 Å². The van der Waals surface area contributed by atoms with Crippen LogP contribution in [0.25, 0.3) is 0 Å². The van der Waals surface area contributed by atoms with E-state index in [-0.39, 0.29) is 0 Å². The maximum Gasteiger partial charge on any atom is 0.0193 e. The fourth-order valence-electron chi connectivity index (χ4n) is 1.85. The molecule has 2 fully saturated rings. The van der Waals surface area contributed by atoms with Gasteiger partial charge in [0, 0.05) is 18.6 Å². The van der Waals surface area contributed by atoms with Gasteiger partial charge in [0.25, 0.3) is 0 Å². The standard InChI is InChI=1S/C9H18N2/c1-3-8(4-1)11-7-9-5-2-6-10-9/h8-11H,1-7H2/t9-/m1/s1. The molecule has 11 heavy (non-hydrogen) atoms. The van der Waals surface area contributed by atoms with E-state index < -0.39 is 0 Å². The van der Waals surface area contributed by atoms with Crippen molar-refractivity contribution in [1.29, 1.82) is 0 Å². The Balaban J connectivity index is 1.57. The Labute approximate surface area is 68.7 Å². The normalized spacial score (nSPS) is 32.2. The van der Waals surface area contributed by atoms with Crippen LogP contribution in [0.3, 0.4) is 0 Å². The van der Waals surface area contributed by atoms with Gasteiger partial charge in [-0.15, -0.1) is 0 Å². The largest absolute Gasteiger partial charge is 0.313 e. The number of hydrogen-bond donors (Lipinski definition) is 2. The van der Waals surface area contributed by atoms with E-state index in [1.54, 1.807) is 0 Å². The highest BCUT2D eigenvalue weighted by Crippen LogP contribution is 2.18. The van der Waals surface area contributed by atoms with E-state index >= 15 is 0 Å². The molecule has 2 rings (SSSR count). The molecule has 0 aromatic carbocycles. The maximum absolute atomic E-state index is 3.60. The summed E-state index contributed by atoms with van der Waals surface area (Å²) in [5, 5.41) is 7.10. The molecule has 64 valence electrons. The lowest BCUT2D eigenvalue weighted by atomic mass is 9.93. The lowest BCUT2D eigenvalue weighted by Crippen LogP contribution is -2.42. The predicted octanol–water partition coefficient (Wildman–Crippen LogP) is 0.880. The summed E-state index contributed by atoms with van der Waals surface area (Å²) in [4.78, 5) is 0. The third-order valence-corrected chi connectivity index (χ3v) is 2.92. The summed E-state index contributed by atoms with van der Waals surface area (Å²) in [6.45, 7) is 2.43. The summed E-state index contributed by atoms with van der Waals surface area (Å²) in [6.07, 6.45) is 7.01. The quantitative estimate of drug-likeness (QED) is 0.630. The van der Waals surface area contributed by atoms with Gasteiger partial charge < -0.3 is 10.6 Å². The van der Waals surface area contributed by atoms with Gasteiger partial charge in [0.05, 0.1) is 0 Å². The minimum atomic E-state index is 0.774. The van der Waals surface area contributed by atoms with Crippen molar-refractivity contribution < 1.29 is 0 Å². The van der Waals surface area contributed by atoms with Crippen molar-refractivity contribution in [3.8, 4) is 0 Å². The van der Waals surface area contributed by atoms with Crippen molar-refractivity contribution in [2.45, 2.75) is 44.2 Å². The minimum absolute atomic E-state index is 0.774. The molecular weight excluding hydrogens is 136 g/mol. The van der Waals surface area contributed by atoms with Crippen LogP contribution in [-0.2, 0) is 0 Å². The molecule has 0 radical (unpaired) electrons. The lowest BCUT2D eigenvalue weighted by molar-refractivity contribution is 0.327. The SMILES string of the molecule is C1CC(NC[C@H]2CCCN2)C1. The summed E-state index contributed by atoms with van der Waals surface area (Å²) in [5.74, 6) is 0. The van der Waals surface area contributed by atoms with Crippen molar-refractivity contribution >= 4 is 0 Å². The molecule has 2 heteroatoms. The lowest BCUT2D eigenvalue weighted by Gasteiger charge is -2.27. The van der Waals surface area contributed by atoms with Gasteiger partial charge in [0.1, 0.15) is 0 Å². The zero-order valence-electron chi connectivity index (χ0n) is 7.10. The van der Waals surface area contributed by atoms with Crippen molar-refractivity contribution in [2.24, 2.45) is 0 Å². The monoisotopic (exact) mass is 154 g/mol. The van der Waals surface area contributed by atoms with Crippen molar-refractivity contribution in [3.63, 3.8) is 0 Å². The number of hydrogen-bond acceptors (Lipinski definition) is 2. The molecule has 1 aliphatic carbocycles. The van der Waals surface area contributed by atoms with Gasteiger partial charge in [-0.05, 0) is 32.2 Å². The predicted molar refractivity (Wildman–Crippen MR) is 46.7 cm³/mol. The van der Waals surface area contributed by atoms with Crippen LogP contribution in [-0.4, -0.2) is 25.2 Å². The zero-order valence-corrected chi connectivity index (χ0v) is 7.10. The Morgan fingerprint density at radius 2 is 2.09 bits per heavy atom. The Morgan fingerprint density at radius 1 is 1.18 bits per heavy atom. The molecule has 0 aromatic rings. The van der Waals surface area contributed by atoms with Gasteiger partial charge in [-0.1, -0.05) is 6.42 Å². The molecule has 0 amide bonds. The summed E-state index contributed by atoms with van der Waals surface area (Å²) in [6, 6.07) is 1.63. The van der Waals surface area contributed by atoms with Crippen LogP contribution in [0.2, 0.25) is 0 Å². The summed E-state index contributed by atoms with van der Waals surface area (Å²) < 4.78 is 0. The van der Waals surface area contributed by atoms with Gasteiger partial charge in [-0.3, -0.25) is 0 Å². The highest BCUT2D eigenvalue weighted by Gasteiger charge is 2.19. The van der Waals surface area contributed by atoms with E-state index in [9.17, 15) is 0 Å². The zero-order chi connectivity index (χ0) is 7.52. The smallest absolute Gasteiger partial charge is 0.0193 e. The fraction of sp³-hybridized carbons (Fsp3) is 1.00. The van der Waals surface area contributed by atoms with Crippen LogP contribution in [0.4, 0.5) is 0 Å². The first-order valence-corrected chi connectivity index (χ1v) is 4.92.